The highest BCUT2D eigenvalue weighted by Gasteiger charge is 1.98. The Morgan fingerprint density at radius 1 is 1.09 bits per heavy atom. The molecule has 0 aliphatic carbocycles. The Balaban J connectivity index is 1.61. The Labute approximate surface area is 138 Å². The Hall–Kier alpha value is -2.85. The van der Waals surface area contributed by atoms with Crippen LogP contribution in [-0.2, 0) is 4.79 Å². The number of para-hydroxylation sites is 1. The van der Waals surface area contributed by atoms with Gasteiger partial charge in [-0.05, 0) is 48.0 Å². The van der Waals surface area contributed by atoms with Gasteiger partial charge in [0.2, 0.25) is 0 Å². The van der Waals surface area contributed by atoms with E-state index in [1.54, 1.807) is 36.5 Å². The number of carbonyl (C=O) groups excluding carboxylic acids is 1. The number of nitrogens with zero attached hydrogens (tertiary/aromatic N) is 1. The summed E-state index contributed by atoms with van der Waals surface area (Å²) >= 11 is 5.80. The number of hydrogen-bond acceptors (Lipinski definition) is 3. The van der Waals surface area contributed by atoms with Gasteiger partial charge in [0, 0.05) is 22.7 Å². The SMILES string of the molecule is O=C(/C=C/c1cnc2ccccc2c1)NNc1ccc(Cl)cc1. The fourth-order valence-electron chi connectivity index (χ4n) is 2.06. The van der Waals surface area contributed by atoms with Crippen LogP contribution >= 0.6 is 11.6 Å². The number of aromatic nitrogens is 1. The van der Waals surface area contributed by atoms with Gasteiger partial charge in [-0.25, -0.2) is 0 Å². The van der Waals surface area contributed by atoms with Gasteiger partial charge in [-0.1, -0.05) is 29.8 Å². The van der Waals surface area contributed by atoms with E-state index in [2.05, 4.69) is 15.8 Å². The maximum atomic E-state index is 11.8. The Morgan fingerprint density at radius 3 is 2.70 bits per heavy atom. The largest absolute Gasteiger partial charge is 0.298 e. The molecule has 0 radical (unpaired) electrons. The number of hydrazine groups is 1. The van der Waals surface area contributed by atoms with Gasteiger partial charge in [-0.3, -0.25) is 20.6 Å². The lowest BCUT2D eigenvalue weighted by Gasteiger charge is -2.06. The van der Waals surface area contributed by atoms with Gasteiger partial charge in [-0.15, -0.1) is 0 Å². The molecule has 0 saturated carbocycles. The van der Waals surface area contributed by atoms with Crippen molar-refractivity contribution in [3.8, 4) is 0 Å². The molecule has 3 rings (SSSR count). The highest BCUT2D eigenvalue weighted by molar-refractivity contribution is 6.30. The highest BCUT2D eigenvalue weighted by atomic mass is 35.5. The fourth-order valence-corrected chi connectivity index (χ4v) is 2.19. The number of rotatable bonds is 4. The average Bonchev–Trinajstić information content (AvgIpc) is 2.59. The maximum absolute atomic E-state index is 11.8. The molecule has 1 amide bonds. The smallest absolute Gasteiger partial charge is 0.262 e. The molecular weight excluding hydrogens is 310 g/mol. The lowest BCUT2D eigenvalue weighted by atomic mass is 10.1. The number of benzene rings is 2. The number of carbonyl (C=O) groups is 1. The summed E-state index contributed by atoms with van der Waals surface area (Å²) in [7, 11) is 0. The first-order valence-electron chi connectivity index (χ1n) is 7.05. The summed E-state index contributed by atoms with van der Waals surface area (Å²) in [5, 5.41) is 1.68. The number of pyridine rings is 1. The number of halogens is 1. The number of anilines is 1. The summed E-state index contributed by atoms with van der Waals surface area (Å²) in [4.78, 5) is 16.2. The lowest BCUT2D eigenvalue weighted by Crippen LogP contribution is -2.27. The van der Waals surface area contributed by atoms with Gasteiger partial charge in [0.1, 0.15) is 0 Å². The molecule has 23 heavy (non-hydrogen) atoms. The van der Waals surface area contributed by atoms with Crippen molar-refractivity contribution in [1.82, 2.24) is 10.4 Å². The molecule has 114 valence electrons. The molecule has 2 N–H and O–H groups in total. The van der Waals surface area contributed by atoms with E-state index in [0.717, 1.165) is 22.2 Å². The first-order valence-corrected chi connectivity index (χ1v) is 7.43. The molecule has 1 heterocycles. The van der Waals surface area contributed by atoms with E-state index in [-0.39, 0.29) is 5.91 Å². The molecule has 3 aromatic rings. The van der Waals surface area contributed by atoms with Gasteiger partial charge in [0.15, 0.2) is 0 Å². The maximum Gasteiger partial charge on any atom is 0.262 e. The fraction of sp³-hybridized carbons (Fsp3) is 0. The van der Waals surface area contributed by atoms with Crippen LogP contribution in [0.2, 0.25) is 5.02 Å². The van der Waals surface area contributed by atoms with Gasteiger partial charge in [-0.2, -0.15) is 0 Å². The van der Waals surface area contributed by atoms with E-state index in [1.165, 1.54) is 6.08 Å². The number of fused-ring (bicyclic) bond motifs is 1. The molecule has 0 saturated heterocycles. The van der Waals surface area contributed by atoms with E-state index in [1.807, 2.05) is 30.3 Å². The van der Waals surface area contributed by atoms with Crippen molar-refractivity contribution in [3.63, 3.8) is 0 Å². The molecule has 0 unspecified atom stereocenters. The van der Waals surface area contributed by atoms with Crippen molar-refractivity contribution in [2.45, 2.75) is 0 Å². The molecule has 0 fully saturated rings. The van der Waals surface area contributed by atoms with Crippen LogP contribution in [0.4, 0.5) is 5.69 Å². The van der Waals surface area contributed by atoms with E-state index < -0.39 is 0 Å². The summed E-state index contributed by atoms with van der Waals surface area (Å²) in [6.07, 6.45) is 4.91. The zero-order valence-corrected chi connectivity index (χ0v) is 12.9. The van der Waals surface area contributed by atoms with Gasteiger partial charge in [0.05, 0.1) is 11.2 Å². The van der Waals surface area contributed by atoms with E-state index in [0.29, 0.717) is 5.02 Å². The molecule has 5 heteroatoms. The normalized spacial score (nSPS) is 10.8. The molecule has 4 nitrogen and oxygen atoms in total. The van der Waals surface area contributed by atoms with Crippen LogP contribution < -0.4 is 10.9 Å². The van der Waals surface area contributed by atoms with Crippen LogP contribution in [-0.4, -0.2) is 10.9 Å². The van der Waals surface area contributed by atoms with Crippen LogP contribution in [0.15, 0.2) is 66.9 Å². The minimum absolute atomic E-state index is 0.256. The van der Waals surface area contributed by atoms with Crippen molar-refractivity contribution in [3.05, 3.63) is 77.5 Å². The topological polar surface area (TPSA) is 54.0 Å². The molecule has 0 aliphatic rings. The summed E-state index contributed by atoms with van der Waals surface area (Å²) in [5.74, 6) is -0.256. The first kappa shape index (κ1) is 15.1. The van der Waals surface area contributed by atoms with Crippen molar-refractivity contribution >= 4 is 40.2 Å². The lowest BCUT2D eigenvalue weighted by molar-refractivity contribution is -0.115. The van der Waals surface area contributed by atoms with E-state index >= 15 is 0 Å². The minimum atomic E-state index is -0.256. The Kier molecular flexibility index (Phi) is 4.54. The van der Waals surface area contributed by atoms with Gasteiger partial charge < -0.3 is 0 Å². The molecular formula is C18H14ClN3O. The van der Waals surface area contributed by atoms with Crippen molar-refractivity contribution in [2.24, 2.45) is 0 Å². The first-order chi connectivity index (χ1) is 11.2. The zero-order chi connectivity index (χ0) is 16.1. The molecule has 0 aliphatic heterocycles. The van der Waals surface area contributed by atoms with Crippen LogP contribution in [0.25, 0.3) is 17.0 Å². The van der Waals surface area contributed by atoms with Crippen LogP contribution in [0, 0.1) is 0 Å². The summed E-state index contributed by atoms with van der Waals surface area (Å²) < 4.78 is 0. The third kappa shape index (κ3) is 4.08. The third-order valence-electron chi connectivity index (χ3n) is 3.21. The van der Waals surface area contributed by atoms with Crippen molar-refractivity contribution in [2.75, 3.05) is 5.43 Å². The quantitative estimate of drug-likeness (QED) is 0.562. The Bertz CT molecular complexity index is 860. The second-order valence-electron chi connectivity index (χ2n) is 4.92. The predicted octanol–water partition coefficient (Wildman–Crippen LogP) is 4.04. The van der Waals surface area contributed by atoms with E-state index in [4.69, 9.17) is 11.6 Å². The summed E-state index contributed by atoms with van der Waals surface area (Å²) in [5.41, 5.74) is 7.95. The summed E-state index contributed by atoms with van der Waals surface area (Å²) in [6.45, 7) is 0. The van der Waals surface area contributed by atoms with Crippen molar-refractivity contribution in [1.29, 1.82) is 0 Å². The highest BCUT2D eigenvalue weighted by Crippen LogP contribution is 2.14. The van der Waals surface area contributed by atoms with Crippen LogP contribution in [0.3, 0.4) is 0 Å². The summed E-state index contributed by atoms with van der Waals surface area (Å²) in [6, 6.07) is 16.9. The van der Waals surface area contributed by atoms with Gasteiger partial charge in [0.25, 0.3) is 5.91 Å². The predicted molar refractivity (Wildman–Crippen MR) is 94.0 cm³/mol. The molecule has 1 aromatic heterocycles. The molecule has 2 aromatic carbocycles. The second kappa shape index (κ2) is 6.94. The zero-order valence-electron chi connectivity index (χ0n) is 12.2. The van der Waals surface area contributed by atoms with Crippen molar-refractivity contribution < 1.29 is 4.79 Å². The Morgan fingerprint density at radius 2 is 1.87 bits per heavy atom. The van der Waals surface area contributed by atoms with Crippen LogP contribution in [0.5, 0.6) is 0 Å². The molecule has 0 spiro atoms. The molecule has 0 atom stereocenters. The number of nitrogens with one attached hydrogen (secondary N) is 2. The van der Waals surface area contributed by atoms with Crippen LogP contribution in [0.1, 0.15) is 5.56 Å². The monoisotopic (exact) mass is 323 g/mol. The van der Waals surface area contributed by atoms with Gasteiger partial charge >= 0.3 is 0 Å². The van der Waals surface area contributed by atoms with E-state index in [9.17, 15) is 4.79 Å². The number of hydrogen-bond donors (Lipinski definition) is 2. The average molecular weight is 324 g/mol. The third-order valence-corrected chi connectivity index (χ3v) is 3.47. The standard InChI is InChI=1S/C18H14ClN3O/c19-15-6-8-16(9-7-15)21-22-18(23)10-5-13-11-14-3-1-2-4-17(14)20-12-13/h1-12,21H,(H,22,23)/b10-5+. The number of amides is 1. The molecule has 0 bridgehead atoms. The minimum Gasteiger partial charge on any atom is -0.298 e. The second-order valence-corrected chi connectivity index (χ2v) is 5.35.